The molecule has 0 aliphatic carbocycles. The summed E-state index contributed by atoms with van der Waals surface area (Å²) in [6, 6.07) is 26.3. The Morgan fingerprint density at radius 1 is 0.703 bits per heavy atom. The van der Waals surface area contributed by atoms with Gasteiger partial charge in [-0.1, -0.05) is 80.4 Å². The number of aliphatic hydroxyl groups is 2. The zero-order chi connectivity index (χ0) is 26.1. The van der Waals surface area contributed by atoms with E-state index in [9.17, 15) is 0 Å². The molecule has 0 amide bonds. The van der Waals surface area contributed by atoms with Crippen molar-refractivity contribution in [2.75, 3.05) is 0 Å². The van der Waals surface area contributed by atoms with Crippen molar-refractivity contribution in [3.05, 3.63) is 95.7 Å². The minimum Gasteiger partial charge on any atom is -0.393 e. The number of hydrogen-bond donors (Lipinski definition) is 2. The molecule has 37 heavy (non-hydrogen) atoms. The predicted molar refractivity (Wildman–Crippen MR) is 149 cm³/mol. The van der Waals surface area contributed by atoms with Gasteiger partial charge in [0.25, 0.3) is 0 Å². The summed E-state index contributed by atoms with van der Waals surface area (Å²) in [6.45, 7) is 10.1. The van der Waals surface area contributed by atoms with Gasteiger partial charge in [0, 0.05) is 37.6 Å². The maximum atomic E-state index is 9.00. The molecule has 0 spiro atoms. The molecule has 4 aromatic rings. The number of nitrogens with zero attached hydrogens (tertiary/aromatic N) is 2. The first kappa shape index (κ1) is 30.5. The molecule has 3 aromatic carbocycles. The molecule has 0 saturated heterocycles. The molecule has 0 aliphatic rings. The number of rotatable bonds is 7. The van der Waals surface area contributed by atoms with Crippen LogP contribution in [0.4, 0.5) is 0 Å². The van der Waals surface area contributed by atoms with E-state index in [-0.39, 0.29) is 32.3 Å². The monoisotopic (exact) mass is 674 g/mol. The van der Waals surface area contributed by atoms with Gasteiger partial charge in [0.2, 0.25) is 0 Å². The molecule has 4 nitrogen and oxygen atoms in total. The van der Waals surface area contributed by atoms with Gasteiger partial charge < -0.3 is 15.2 Å². The Kier molecular flexibility index (Phi) is 12.3. The second-order valence-corrected chi connectivity index (χ2v) is 9.32. The van der Waals surface area contributed by atoms with Crippen molar-refractivity contribution in [3.8, 4) is 33.8 Å². The third-order valence-corrected chi connectivity index (χ3v) is 6.15. The van der Waals surface area contributed by atoms with E-state index >= 15 is 0 Å². The summed E-state index contributed by atoms with van der Waals surface area (Å²) < 4.78 is 0. The van der Waals surface area contributed by atoms with Gasteiger partial charge in [-0.3, -0.25) is 4.98 Å². The molecule has 1 radical (unpaired) electrons. The van der Waals surface area contributed by atoms with Crippen LogP contribution < -0.4 is 0 Å². The number of benzene rings is 3. The maximum Gasteiger partial charge on any atom is 0.0873 e. The molecule has 0 bridgehead atoms. The summed E-state index contributed by atoms with van der Waals surface area (Å²) in [5, 5.41) is 18.0. The Bertz CT molecular complexity index is 1220. The van der Waals surface area contributed by atoms with Gasteiger partial charge in [0.1, 0.15) is 0 Å². The molecule has 5 heteroatoms. The molecule has 2 atom stereocenters. The van der Waals surface area contributed by atoms with E-state index in [1.54, 1.807) is 0 Å². The standard InChI is InChI=1S/C25H21N2.C7H16O2.Ir/c1-17-4-10-20(11-5-17)23-16-26-24(21-12-6-18(2)7-13-21)25(27-23)22-14-8-19(3)9-15-22;1-3-6(8)5-7(9)4-2;/h4-12,14-16H,1-3H3;6-9H,3-5H2,1-2H3;/q-1;;. The average Bonchev–Trinajstić information content (AvgIpc) is 2.90. The van der Waals surface area contributed by atoms with Crippen molar-refractivity contribution >= 4 is 0 Å². The van der Waals surface area contributed by atoms with Crippen LogP contribution in [0.15, 0.2) is 72.9 Å². The quantitative estimate of drug-likeness (QED) is 0.205. The average molecular weight is 674 g/mol. The summed E-state index contributed by atoms with van der Waals surface area (Å²) >= 11 is 0. The Labute approximate surface area is 235 Å². The molecule has 2 N–H and O–H groups in total. The smallest absolute Gasteiger partial charge is 0.0873 e. The minimum absolute atomic E-state index is 0. The molecule has 0 fully saturated rings. The van der Waals surface area contributed by atoms with E-state index in [1.165, 1.54) is 16.7 Å². The van der Waals surface area contributed by atoms with Crippen molar-refractivity contribution in [2.24, 2.45) is 0 Å². The second kappa shape index (κ2) is 14.9. The normalized spacial score (nSPS) is 12.1. The van der Waals surface area contributed by atoms with Crippen LogP contribution in [-0.4, -0.2) is 32.4 Å². The topological polar surface area (TPSA) is 66.2 Å². The van der Waals surface area contributed by atoms with Gasteiger partial charge in [-0.15, -0.1) is 35.4 Å². The number of aromatic nitrogens is 2. The van der Waals surface area contributed by atoms with E-state index in [0.29, 0.717) is 6.42 Å². The largest absolute Gasteiger partial charge is 0.393 e. The molecule has 4 rings (SSSR count). The fraction of sp³-hybridized carbons (Fsp3) is 0.312. The van der Waals surface area contributed by atoms with E-state index in [1.807, 2.05) is 26.1 Å². The third-order valence-electron chi connectivity index (χ3n) is 6.15. The van der Waals surface area contributed by atoms with Crippen molar-refractivity contribution < 1.29 is 30.3 Å². The zero-order valence-electron chi connectivity index (χ0n) is 22.3. The van der Waals surface area contributed by atoms with E-state index < -0.39 is 0 Å². The Hall–Kier alpha value is -2.69. The van der Waals surface area contributed by atoms with Crippen LogP contribution >= 0.6 is 0 Å². The van der Waals surface area contributed by atoms with Crippen LogP contribution in [-0.2, 0) is 20.1 Å². The Morgan fingerprint density at radius 2 is 1.22 bits per heavy atom. The van der Waals surface area contributed by atoms with Crippen LogP contribution in [0.2, 0.25) is 0 Å². The van der Waals surface area contributed by atoms with Gasteiger partial charge in [-0.05, 0) is 38.7 Å². The van der Waals surface area contributed by atoms with Crippen molar-refractivity contribution in [3.63, 3.8) is 0 Å². The molecule has 0 aliphatic heterocycles. The summed E-state index contributed by atoms with van der Waals surface area (Å²) in [5.41, 5.74) is 9.34. The fourth-order valence-electron chi connectivity index (χ4n) is 3.66. The molecular weight excluding hydrogens is 637 g/mol. The van der Waals surface area contributed by atoms with Crippen molar-refractivity contribution in [2.45, 2.75) is 66.1 Å². The van der Waals surface area contributed by atoms with E-state index in [2.05, 4.69) is 87.5 Å². The summed E-state index contributed by atoms with van der Waals surface area (Å²) in [7, 11) is 0. The van der Waals surface area contributed by atoms with Crippen LogP contribution in [0, 0.1) is 26.8 Å². The van der Waals surface area contributed by atoms with E-state index in [4.69, 9.17) is 20.2 Å². The first-order valence-electron chi connectivity index (χ1n) is 12.7. The van der Waals surface area contributed by atoms with Gasteiger partial charge in [0.15, 0.2) is 0 Å². The molecule has 1 aromatic heterocycles. The number of aliphatic hydroxyl groups excluding tert-OH is 2. The van der Waals surface area contributed by atoms with Gasteiger partial charge in [-0.25, -0.2) is 0 Å². The Balaban J connectivity index is 0.000000416. The van der Waals surface area contributed by atoms with Gasteiger partial charge in [-0.2, -0.15) is 0 Å². The predicted octanol–water partition coefficient (Wildman–Crippen LogP) is 7.12. The van der Waals surface area contributed by atoms with Crippen LogP contribution in [0.1, 0.15) is 49.8 Å². The van der Waals surface area contributed by atoms with Crippen molar-refractivity contribution in [1.29, 1.82) is 0 Å². The molecule has 1 heterocycles. The molecular formula is C32H37IrN2O2-. The molecule has 2 unspecified atom stereocenters. The first-order valence-corrected chi connectivity index (χ1v) is 12.7. The van der Waals surface area contributed by atoms with Gasteiger partial charge in [0.05, 0.1) is 23.6 Å². The molecule has 0 saturated carbocycles. The zero-order valence-corrected chi connectivity index (χ0v) is 24.7. The first-order chi connectivity index (χ1) is 17.3. The van der Waals surface area contributed by atoms with E-state index in [0.717, 1.165) is 46.6 Å². The summed E-state index contributed by atoms with van der Waals surface area (Å²) in [5.74, 6) is 0. The summed E-state index contributed by atoms with van der Waals surface area (Å²) in [4.78, 5) is 9.77. The van der Waals surface area contributed by atoms with Crippen LogP contribution in [0.5, 0.6) is 0 Å². The second-order valence-electron chi connectivity index (χ2n) is 9.32. The number of hydrogen-bond acceptors (Lipinski definition) is 4. The van der Waals surface area contributed by atoms with Crippen molar-refractivity contribution in [1.82, 2.24) is 9.97 Å². The SMILES string of the molecule is CCC(O)CC(O)CC.Cc1c[c-]c(-c2ncc(-c3ccc(C)cc3)nc2-c2ccc(C)cc2)cc1.[Ir]. The summed E-state index contributed by atoms with van der Waals surface area (Å²) in [6.07, 6.45) is 3.20. The van der Waals surface area contributed by atoms with Gasteiger partial charge >= 0.3 is 0 Å². The fourth-order valence-corrected chi connectivity index (χ4v) is 3.66. The Morgan fingerprint density at radius 3 is 1.70 bits per heavy atom. The van der Waals surface area contributed by atoms with Crippen LogP contribution in [0.25, 0.3) is 33.8 Å². The third kappa shape index (κ3) is 8.98. The minimum atomic E-state index is -0.319. The maximum absolute atomic E-state index is 9.00. The number of aryl methyl sites for hydroxylation is 3. The molecule has 197 valence electrons. The van der Waals surface area contributed by atoms with Crippen LogP contribution in [0.3, 0.4) is 0 Å².